The maximum Gasteiger partial charge on any atom is 0.243 e. The highest BCUT2D eigenvalue weighted by molar-refractivity contribution is 5.95. The molecule has 0 unspecified atom stereocenters. The quantitative estimate of drug-likeness (QED) is 0.657. The monoisotopic (exact) mass is 439 g/mol. The molecule has 0 saturated heterocycles. The average Bonchev–Trinajstić information content (AvgIpc) is 2.79. The molecule has 0 bridgehead atoms. The van der Waals surface area contributed by atoms with Crippen LogP contribution in [0.1, 0.15) is 43.2 Å². The maximum atomic E-state index is 13.3. The van der Waals surface area contributed by atoms with Crippen LogP contribution in [0.15, 0.2) is 48.5 Å². The van der Waals surface area contributed by atoms with Gasteiger partial charge in [-0.15, -0.1) is 0 Å². The Balaban J connectivity index is 1.58. The van der Waals surface area contributed by atoms with E-state index >= 15 is 0 Å². The molecule has 32 heavy (non-hydrogen) atoms. The van der Waals surface area contributed by atoms with Crippen LogP contribution in [0.4, 0.5) is 10.1 Å². The lowest BCUT2D eigenvalue weighted by molar-refractivity contribution is -0.141. The molecule has 1 fully saturated rings. The number of amides is 3. The largest absolute Gasteiger partial charge is 0.345 e. The van der Waals surface area contributed by atoms with Crippen LogP contribution in [0, 0.1) is 18.7 Å². The predicted molar refractivity (Wildman–Crippen MR) is 121 cm³/mol. The first-order chi connectivity index (χ1) is 15.4. The molecule has 0 radical (unpaired) electrons. The molecule has 0 aromatic heterocycles. The third kappa shape index (κ3) is 7.18. The van der Waals surface area contributed by atoms with Crippen molar-refractivity contribution in [3.63, 3.8) is 0 Å². The van der Waals surface area contributed by atoms with E-state index in [2.05, 4.69) is 10.6 Å². The van der Waals surface area contributed by atoms with E-state index in [4.69, 9.17) is 0 Å². The standard InChI is InChI=1S/C25H30FN3O3/c1-18-6-5-9-22(14-18)28-23(30)15-27-24(31)17-29(16-19-10-12-21(26)13-11-19)25(32)20-7-3-2-4-8-20/h5-6,9-14,20H,2-4,7-8,15-17H2,1H3,(H,27,31)(H,28,30). The van der Waals surface area contributed by atoms with Crippen LogP contribution < -0.4 is 10.6 Å². The van der Waals surface area contributed by atoms with Gasteiger partial charge in [-0.3, -0.25) is 14.4 Å². The fraction of sp³-hybridized carbons (Fsp3) is 0.400. The molecule has 0 heterocycles. The molecule has 6 nitrogen and oxygen atoms in total. The number of hydrogen-bond donors (Lipinski definition) is 2. The molecule has 2 aromatic carbocycles. The van der Waals surface area contributed by atoms with Gasteiger partial charge in [-0.05, 0) is 55.2 Å². The summed E-state index contributed by atoms with van der Waals surface area (Å²) < 4.78 is 13.3. The molecule has 3 amide bonds. The van der Waals surface area contributed by atoms with Gasteiger partial charge in [0.25, 0.3) is 0 Å². The summed E-state index contributed by atoms with van der Waals surface area (Å²) in [5.74, 6) is -1.26. The molecule has 2 N–H and O–H groups in total. The van der Waals surface area contributed by atoms with Crippen LogP contribution in [0.25, 0.3) is 0 Å². The van der Waals surface area contributed by atoms with Crippen LogP contribution in [-0.4, -0.2) is 35.7 Å². The third-order valence-electron chi connectivity index (χ3n) is 5.64. The van der Waals surface area contributed by atoms with Crippen molar-refractivity contribution in [3.05, 3.63) is 65.5 Å². The Morgan fingerprint density at radius 3 is 2.41 bits per heavy atom. The minimum atomic E-state index is -0.407. The highest BCUT2D eigenvalue weighted by atomic mass is 19.1. The highest BCUT2D eigenvalue weighted by Gasteiger charge is 2.27. The molecule has 0 atom stereocenters. The number of benzene rings is 2. The Hall–Kier alpha value is -3.22. The third-order valence-corrected chi connectivity index (χ3v) is 5.64. The maximum absolute atomic E-state index is 13.3. The number of nitrogens with one attached hydrogen (secondary N) is 2. The first-order valence-corrected chi connectivity index (χ1v) is 11.1. The van der Waals surface area contributed by atoms with Gasteiger partial charge in [-0.2, -0.15) is 0 Å². The minimum absolute atomic E-state index is 0.0617. The van der Waals surface area contributed by atoms with Crippen LogP contribution >= 0.6 is 0 Å². The number of halogens is 1. The van der Waals surface area contributed by atoms with Gasteiger partial charge in [0.2, 0.25) is 17.7 Å². The van der Waals surface area contributed by atoms with Crippen molar-refractivity contribution in [2.75, 3.05) is 18.4 Å². The molecule has 170 valence electrons. The van der Waals surface area contributed by atoms with Crippen molar-refractivity contribution in [3.8, 4) is 0 Å². The second-order valence-electron chi connectivity index (χ2n) is 8.35. The Morgan fingerprint density at radius 1 is 1.00 bits per heavy atom. The molecular weight excluding hydrogens is 409 g/mol. The number of rotatable bonds is 8. The average molecular weight is 440 g/mol. The lowest BCUT2D eigenvalue weighted by Gasteiger charge is -2.29. The van der Waals surface area contributed by atoms with Crippen molar-refractivity contribution in [1.82, 2.24) is 10.2 Å². The summed E-state index contributed by atoms with van der Waals surface area (Å²) in [6.45, 7) is 1.81. The predicted octanol–water partition coefficient (Wildman–Crippen LogP) is 3.80. The molecule has 1 aliphatic rings. The van der Waals surface area contributed by atoms with Gasteiger partial charge >= 0.3 is 0 Å². The summed E-state index contributed by atoms with van der Waals surface area (Å²) in [6, 6.07) is 13.3. The first kappa shape index (κ1) is 23.4. The summed E-state index contributed by atoms with van der Waals surface area (Å²) in [6.07, 6.45) is 4.77. The van der Waals surface area contributed by atoms with E-state index < -0.39 is 5.91 Å². The molecule has 0 spiro atoms. The second-order valence-corrected chi connectivity index (χ2v) is 8.35. The fourth-order valence-electron chi connectivity index (χ4n) is 3.97. The van der Waals surface area contributed by atoms with Crippen molar-refractivity contribution in [1.29, 1.82) is 0 Å². The van der Waals surface area contributed by atoms with E-state index in [-0.39, 0.29) is 43.2 Å². The van der Waals surface area contributed by atoms with E-state index in [1.165, 1.54) is 17.0 Å². The summed E-state index contributed by atoms with van der Waals surface area (Å²) in [5.41, 5.74) is 2.43. The van der Waals surface area contributed by atoms with Gasteiger partial charge in [0.05, 0.1) is 13.1 Å². The van der Waals surface area contributed by atoms with Crippen LogP contribution in [-0.2, 0) is 20.9 Å². The van der Waals surface area contributed by atoms with Gasteiger partial charge < -0.3 is 15.5 Å². The lowest BCUT2D eigenvalue weighted by atomic mass is 9.88. The van der Waals surface area contributed by atoms with Gasteiger partial charge in [0, 0.05) is 18.2 Å². The van der Waals surface area contributed by atoms with E-state index in [1.807, 2.05) is 25.1 Å². The van der Waals surface area contributed by atoms with E-state index in [0.717, 1.165) is 43.2 Å². The molecule has 0 aliphatic heterocycles. The molecule has 2 aromatic rings. The van der Waals surface area contributed by atoms with E-state index in [9.17, 15) is 18.8 Å². The van der Waals surface area contributed by atoms with E-state index in [1.54, 1.807) is 18.2 Å². The molecule has 3 rings (SSSR count). The zero-order chi connectivity index (χ0) is 22.9. The SMILES string of the molecule is Cc1cccc(NC(=O)CNC(=O)CN(Cc2ccc(F)cc2)C(=O)C2CCCCC2)c1. The van der Waals surface area contributed by atoms with Crippen molar-refractivity contribution < 1.29 is 18.8 Å². The second kappa shape index (κ2) is 11.4. The molecule has 1 saturated carbocycles. The van der Waals surface area contributed by atoms with Gasteiger partial charge in [0.1, 0.15) is 5.82 Å². The van der Waals surface area contributed by atoms with Crippen molar-refractivity contribution in [2.24, 2.45) is 5.92 Å². The van der Waals surface area contributed by atoms with Crippen molar-refractivity contribution in [2.45, 2.75) is 45.6 Å². The smallest absolute Gasteiger partial charge is 0.243 e. The lowest BCUT2D eigenvalue weighted by Crippen LogP contribution is -2.44. The van der Waals surface area contributed by atoms with Gasteiger partial charge in [0.15, 0.2) is 0 Å². The van der Waals surface area contributed by atoms with Crippen LogP contribution in [0.2, 0.25) is 0 Å². The number of anilines is 1. The fourth-order valence-corrected chi connectivity index (χ4v) is 3.97. The minimum Gasteiger partial charge on any atom is -0.345 e. The number of carbonyl (C=O) groups excluding carboxylic acids is 3. The summed E-state index contributed by atoms with van der Waals surface area (Å²) in [5, 5.41) is 5.34. The van der Waals surface area contributed by atoms with Gasteiger partial charge in [-0.1, -0.05) is 43.5 Å². The first-order valence-electron chi connectivity index (χ1n) is 11.1. The number of nitrogens with zero attached hydrogens (tertiary/aromatic N) is 1. The normalized spacial score (nSPS) is 13.9. The highest BCUT2D eigenvalue weighted by Crippen LogP contribution is 2.26. The summed E-state index contributed by atoms with van der Waals surface area (Å²) in [7, 11) is 0. The van der Waals surface area contributed by atoms with Crippen molar-refractivity contribution >= 4 is 23.4 Å². The molecule has 7 heteroatoms. The number of hydrogen-bond acceptors (Lipinski definition) is 3. The number of aryl methyl sites for hydroxylation is 1. The Labute approximate surface area is 188 Å². The Bertz CT molecular complexity index is 940. The topological polar surface area (TPSA) is 78.5 Å². The van der Waals surface area contributed by atoms with E-state index in [0.29, 0.717) is 5.69 Å². The molecule has 1 aliphatic carbocycles. The number of carbonyl (C=O) groups is 3. The molecular formula is C25H30FN3O3. The van der Waals surface area contributed by atoms with Crippen LogP contribution in [0.5, 0.6) is 0 Å². The summed E-state index contributed by atoms with van der Waals surface area (Å²) in [4.78, 5) is 39.3. The van der Waals surface area contributed by atoms with Gasteiger partial charge in [-0.25, -0.2) is 4.39 Å². The Morgan fingerprint density at radius 2 is 1.72 bits per heavy atom. The Kier molecular flexibility index (Phi) is 8.36. The van der Waals surface area contributed by atoms with Crippen LogP contribution in [0.3, 0.4) is 0 Å². The summed E-state index contributed by atoms with van der Waals surface area (Å²) >= 11 is 0. The zero-order valence-corrected chi connectivity index (χ0v) is 18.4. The zero-order valence-electron chi connectivity index (χ0n) is 18.4.